The summed E-state index contributed by atoms with van der Waals surface area (Å²) in [4.78, 5) is 0. The summed E-state index contributed by atoms with van der Waals surface area (Å²) in [5, 5.41) is 0. The van der Waals surface area contributed by atoms with Crippen molar-refractivity contribution in [3.8, 4) is 5.75 Å². The van der Waals surface area contributed by atoms with Crippen LogP contribution in [0.1, 0.15) is 81.6 Å². The molecule has 0 radical (unpaired) electrons. The normalized spacial score (nSPS) is 30.7. The molecule has 3 nitrogen and oxygen atoms in total. The molecule has 1 heterocycles. The Hall–Kier alpha value is -2.19. The molecule has 8 heteroatoms. The first-order chi connectivity index (χ1) is 18.2. The number of hydrogen-bond acceptors (Lipinski definition) is 3. The van der Waals surface area contributed by atoms with Crippen molar-refractivity contribution in [3.05, 3.63) is 65.0 Å². The van der Waals surface area contributed by atoms with Gasteiger partial charge in [0.15, 0.2) is 23.7 Å². The summed E-state index contributed by atoms with van der Waals surface area (Å²) in [7, 11) is 0. The van der Waals surface area contributed by atoms with E-state index in [1.165, 1.54) is 5.56 Å². The van der Waals surface area contributed by atoms with Crippen LogP contribution in [0.15, 0.2) is 36.4 Å². The molecule has 0 atom stereocenters. The summed E-state index contributed by atoms with van der Waals surface area (Å²) < 4.78 is 85.7. The smallest absolute Gasteiger partial charge is 0.400 e. The van der Waals surface area contributed by atoms with Gasteiger partial charge >= 0.3 is 6.11 Å². The summed E-state index contributed by atoms with van der Waals surface area (Å²) in [5.41, 5.74) is 2.37. The third-order valence-corrected chi connectivity index (χ3v) is 8.64. The van der Waals surface area contributed by atoms with E-state index in [4.69, 9.17) is 9.47 Å². The highest BCUT2D eigenvalue weighted by molar-refractivity contribution is 5.27. The zero-order valence-corrected chi connectivity index (χ0v) is 21.6. The third-order valence-electron chi connectivity index (χ3n) is 8.64. The molecule has 1 aliphatic heterocycles. The van der Waals surface area contributed by atoms with Crippen LogP contribution in [0.3, 0.4) is 0 Å². The Morgan fingerprint density at radius 2 is 1.24 bits per heavy atom. The molecule has 0 bridgehead atoms. The molecule has 0 N–H and O–H groups in total. The molecular weight excluding hydrogens is 503 g/mol. The van der Waals surface area contributed by atoms with Crippen LogP contribution in [0.25, 0.3) is 0 Å². The second-order valence-corrected chi connectivity index (χ2v) is 11.4. The Kier molecular flexibility index (Phi) is 8.29. The Morgan fingerprint density at radius 1 is 0.737 bits per heavy atom. The van der Waals surface area contributed by atoms with E-state index in [9.17, 15) is 22.0 Å². The highest BCUT2D eigenvalue weighted by Crippen LogP contribution is 2.47. The second-order valence-electron chi connectivity index (χ2n) is 11.4. The topological polar surface area (TPSA) is 27.7 Å². The lowest BCUT2D eigenvalue weighted by Gasteiger charge is -2.39. The molecule has 0 spiro atoms. The fraction of sp³-hybridized carbons (Fsp3) is 0.600. The van der Waals surface area contributed by atoms with Crippen molar-refractivity contribution in [2.45, 2.75) is 76.6 Å². The second kappa shape index (κ2) is 11.5. The van der Waals surface area contributed by atoms with E-state index in [0.29, 0.717) is 61.9 Å². The van der Waals surface area contributed by atoms with Gasteiger partial charge in [0.25, 0.3) is 0 Å². The predicted octanol–water partition coefficient (Wildman–Crippen LogP) is 8.54. The van der Waals surface area contributed by atoms with Crippen LogP contribution in [0.5, 0.6) is 5.75 Å². The van der Waals surface area contributed by atoms with E-state index >= 15 is 0 Å². The number of halogens is 5. The first kappa shape index (κ1) is 27.4. The summed E-state index contributed by atoms with van der Waals surface area (Å²) in [5.74, 6) is -4.70. The van der Waals surface area contributed by atoms with Gasteiger partial charge in [0.2, 0.25) is 0 Å². The van der Waals surface area contributed by atoms with Crippen LogP contribution < -0.4 is 4.74 Å². The lowest BCUT2D eigenvalue weighted by atomic mass is 9.68. The molecule has 2 aromatic carbocycles. The summed E-state index contributed by atoms with van der Waals surface area (Å²) in [6.45, 7) is 3.52. The molecule has 5 rings (SSSR count). The molecule has 0 aromatic heterocycles. The maximum absolute atomic E-state index is 14.8. The van der Waals surface area contributed by atoms with Gasteiger partial charge in [-0.2, -0.15) is 8.78 Å². The zero-order chi connectivity index (χ0) is 26.9. The monoisotopic (exact) mass is 538 g/mol. The van der Waals surface area contributed by atoms with E-state index in [1.807, 2.05) is 0 Å². The van der Waals surface area contributed by atoms with E-state index < -0.39 is 35.2 Å². The Balaban J connectivity index is 1.09. The molecule has 208 valence electrons. The van der Waals surface area contributed by atoms with Gasteiger partial charge in [-0.25, -0.2) is 13.2 Å². The molecule has 2 aliphatic carbocycles. The number of rotatable bonds is 6. The van der Waals surface area contributed by atoms with Crippen LogP contribution in [-0.2, 0) is 9.47 Å². The van der Waals surface area contributed by atoms with Crippen molar-refractivity contribution in [3.63, 3.8) is 0 Å². The number of alkyl halides is 2. The summed E-state index contributed by atoms with van der Waals surface area (Å²) in [6.07, 6.45) is 2.40. The SMILES string of the molecule is CC1COC(c2ccc(C3CCC(C4CCC(C(F)(F)Oc5cc(F)c(F)c(F)c5)CC4)CC3)cc2)OC1. The predicted molar refractivity (Wildman–Crippen MR) is 132 cm³/mol. The van der Waals surface area contributed by atoms with Crippen LogP contribution in [-0.4, -0.2) is 19.3 Å². The Morgan fingerprint density at radius 3 is 1.79 bits per heavy atom. The number of benzene rings is 2. The molecule has 0 unspecified atom stereocenters. The Labute approximate surface area is 220 Å². The van der Waals surface area contributed by atoms with Crippen molar-refractivity contribution in [1.82, 2.24) is 0 Å². The van der Waals surface area contributed by atoms with Crippen molar-refractivity contribution < 1.29 is 36.2 Å². The minimum atomic E-state index is -3.57. The van der Waals surface area contributed by atoms with Crippen LogP contribution >= 0.6 is 0 Å². The van der Waals surface area contributed by atoms with Crippen LogP contribution in [0.4, 0.5) is 22.0 Å². The van der Waals surface area contributed by atoms with Gasteiger partial charge in [0, 0.05) is 23.6 Å². The quantitative estimate of drug-likeness (QED) is 0.273. The number of hydrogen-bond donors (Lipinski definition) is 0. The highest BCUT2D eigenvalue weighted by Gasteiger charge is 2.45. The number of ether oxygens (including phenoxy) is 3. The van der Waals surface area contributed by atoms with E-state index in [1.54, 1.807) is 0 Å². The maximum Gasteiger partial charge on any atom is 0.400 e. The molecule has 2 saturated carbocycles. The maximum atomic E-state index is 14.8. The van der Waals surface area contributed by atoms with Gasteiger partial charge in [-0.3, -0.25) is 0 Å². The van der Waals surface area contributed by atoms with Gasteiger partial charge in [0.1, 0.15) is 5.75 Å². The minimum Gasteiger partial charge on any atom is -0.432 e. The van der Waals surface area contributed by atoms with E-state index in [2.05, 4.69) is 35.9 Å². The fourth-order valence-electron chi connectivity index (χ4n) is 6.40. The lowest BCUT2D eigenvalue weighted by Crippen LogP contribution is -2.38. The lowest BCUT2D eigenvalue weighted by molar-refractivity contribution is -0.224. The fourth-order valence-corrected chi connectivity index (χ4v) is 6.40. The first-order valence-electron chi connectivity index (χ1n) is 13.7. The average Bonchev–Trinajstić information content (AvgIpc) is 2.92. The molecule has 3 fully saturated rings. The van der Waals surface area contributed by atoms with Gasteiger partial charge < -0.3 is 14.2 Å². The van der Waals surface area contributed by atoms with Crippen molar-refractivity contribution in [1.29, 1.82) is 0 Å². The van der Waals surface area contributed by atoms with Gasteiger partial charge in [-0.15, -0.1) is 0 Å². The van der Waals surface area contributed by atoms with Crippen LogP contribution in [0, 0.1) is 41.1 Å². The van der Waals surface area contributed by atoms with Crippen molar-refractivity contribution >= 4 is 0 Å². The van der Waals surface area contributed by atoms with Gasteiger partial charge in [0.05, 0.1) is 19.1 Å². The molecular formula is C30H35F5O3. The third kappa shape index (κ3) is 6.17. The van der Waals surface area contributed by atoms with E-state index in [-0.39, 0.29) is 19.1 Å². The van der Waals surface area contributed by atoms with Gasteiger partial charge in [-0.05, 0) is 74.7 Å². The van der Waals surface area contributed by atoms with Crippen molar-refractivity contribution in [2.24, 2.45) is 23.7 Å². The first-order valence-corrected chi connectivity index (χ1v) is 13.7. The summed E-state index contributed by atoms with van der Waals surface area (Å²) >= 11 is 0. The molecule has 3 aliphatic rings. The molecule has 1 saturated heterocycles. The summed E-state index contributed by atoms with van der Waals surface area (Å²) in [6, 6.07) is 9.47. The van der Waals surface area contributed by atoms with Crippen molar-refractivity contribution in [2.75, 3.05) is 13.2 Å². The largest absolute Gasteiger partial charge is 0.432 e. The zero-order valence-electron chi connectivity index (χ0n) is 21.6. The highest BCUT2D eigenvalue weighted by atomic mass is 19.3. The molecule has 2 aromatic rings. The van der Waals surface area contributed by atoms with E-state index in [0.717, 1.165) is 31.2 Å². The van der Waals surface area contributed by atoms with Crippen LogP contribution in [0.2, 0.25) is 0 Å². The minimum absolute atomic E-state index is 0.287. The molecule has 0 amide bonds. The standard InChI is InChI=1S/C30H35F5O3/c1-18-16-36-29(37-17-18)23-8-6-21(7-9-23)19-2-4-20(5-3-19)22-10-12-24(13-11-22)30(34,35)38-25-14-26(31)28(33)27(32)15-25/h6-9,14-15,18-20,22,24,29H,2-5,10-13,16-17H2,1H3. The Bertz CT molecular complexity index is 1040. The average molecular weight is 539 g/mol. The molecule has 38 heavy (non-hydrogen) atoms. The van der Waals surface area contributed by atoms with Gasteiger partial charge in [-0.1, -0.05) is 31.2 Å².